The van der Waals surface area contributed by atoms with E-state index >= 15 is 4.39 Å². The average Bonchev–Trinajstić information content (AvgIpc) is 3.49. The van der Waals surface area contributed by atoms with Crippen molar-refractivity contribution in [3.8, 4) is 22.4 Å². The first-order chi connectivity index (χ1) is 18.3. The van der Waals surface area contributed by atoms with E-state index in [2.05, 4.69) is 9.97 Å². The number of hydrogen-bond donors (Lipinski definition) is 1. The number of thiazole rings is 1. The van der Waals surface area contributed by atoms with Crippen LogP contribution in [-0.4, -0.2) is 38.6 Å². The number of hydrogen-bond acceptors (Lipinski definition) is 5. The lowest BCUT2D eigenvalue weighted by Gasteiger charge is -2.21. The summed E-state index contributed by atoms with van der Waals surface area (Å²) in [5.41, 5.74) is 4.00. The smallest absolute Gasteiger partial charge is 0.304 e. The monoisotopic (exact) mass is 528 g/mol. The Balaban J connectivity index is 1.46. The predicted octanol–water partition coefficient (Wildman–Crippen LogP) is 5.80. The molecule has 7 nitrogen and oxygen atoms in total. The maximum absolute atomic E-state index is 15.3. The number of carbonyl (C=O) groups excluding carboxylic acids is 1. The second-order valence-corrected chi connectivity index (χ2v) is 10.0. The molecule has 1 N–H and O–H groups in total. The first kappa shape index (κ1) is 25.3. The molecule has 38 heavy (non-hydrogen) atoms. The van der Waals surface area contributed by atoms with Crippen molar-refractivity contribution in [2.75, 3.05) is 11.9 Å². The molecule has 192 valence electrons. The Hall–Kier alpha value is -4.37. The zero-order chi connectivity index (χ0) is 26.8. The minimum Gasteiger partial charge on any atom is -0.481 e. The fraction of sp³-hybridized carbons (Fsp3) is 0.172. The predicted molar refractivity (Wildman–Crippen MR) is 147 cm³/mol. The van der Waals surface area contributed by atoms with Crippen LogP contribution >= 0.6 is 11.3 Å². The fourth-order valence-corrected chi connectivity index (χ4v) is 5.34. The molecule has 2 aromatic carbocycles. The van der Waals surface area contributed by atoms with Crippen LogP contribution in [0.15, 0.2) is 79.1 Å². The summed E-state index contributed by atoms with van der Waals surface area (Å²) in [6, 6.07) is 20.6. The lowest BCUT2D eigenvalue weighted by Crippen LogP contribution is -2.35. The summed E-state index contributed by atoms with van der Waals surface area (Å²) in [7, 11) is 3.43. The molecule has 0 aliphatic carbocycles. The number of carboxylic acids is 1. The van der Waals surface area contributed by atoms with Crippen LogP contribution in [0.1, 0.15) is 12.0 Å². The van der Waals surface area contributed by atoms with Gasteiger partial charge in [0, 0.05) is 43.0 Å². The third-order valence-corrected chi connectivity index (χ3v) is 7.41. The summed E-state index contributed by atoms with van der Waals surface area (Å²) in [5.74, 6) is -2.31. The van der Waals surface area contributed by atoms with Crippen LogP contribution in [0.4, 0.5) is 9.52 Å². The Bertz CT molecular complexity index is 1630. The van der Waals surface area contributed by atoms with Crippen molar-refractivity contribution in [1.82, 2.24) is 14.5 Å². The average molecular weight is 529 g/mol. The maximum atomic E-state index is 15.3. The van der Waals surface area contributed by atoms with Crippen LogP contribution in [0.5, 0.6) is 0 Å². The van der Waals surface area contributed by atoms with Gasteiger partial charge in [-0.1, -0.05) is 65.9 Å². The number of aliphatic carboxylic acids is 1. The molecule has 9 heteroatoms. The lowest BCUT2D eigenvalue weighted by atomic mass is 9.95. The van der Waals surface area contributed by atoms with Crippen molar-refractivity contribution in [2.24, 2.45) is 13.0 Å². The van der Waals surface area contributed by atoms with E-state index in [1.165, 1.54) is 11.9 Å². The van der Waals surface area contributed by atoms with Gasteiger partial charge >= 0.3 is 5.97 Å². The van der Waals surface area contributed by atoms with E-state index in [-0.39, 0.29) is 23.7 Å². The second-order valence-electron chi connectivity index (χ2n) is 9.11. The minimum atomic E-state index is -1.07. The minimum absolute atomic E-state index is 0.131. The first-order valence-electron chi connectivity index (χ1n) is 12.0. The van der Waals surface area contributed by atoms with Gasteiger partial charge < -0.3 is 9.67 Å². The summed E-state index contributed by atoms with van der Waals surface area (Å²) in [6.45, 7) is 0. The summed E-state index contributed by atoms with van der Waals surface area (Å²) < 4.78 is 17.3. The number of benzene rings is 2. The number of amides is 1. The third kappa shape index (κ3) is 5.05. The molecule has 1 atom stereocenters. The molecule has 0 saturated carbocycles. The number of aryl methyl sites for hydroxylation is 1. The third-order valence-electron chi connectivity index (χ3n) is 6.49. The zero-order valence-electron chi connectivity index (χ0n) is 20.8. The van der Waals surface area contributed by atoms with E-state index < -0.39 is 22.9 Å². The van der Waals surface area contributed by atoms with Gasteiger partial charge in [-0.3, -0.25) is 14.5 Å². The highest BCUT2D eigenvalue weighted by atomic mass is 32.1. The molecule has 5 aromatic rings. The van der Waals surface area contributed by atoms with Gasteiger partial charge in [0.1, 0.15) is 11.3 Å². The Morgan fingerprint density at radius 2 is 1.79 bits per heavy atom. The number of rotatable bonds is 8. The van der Waals surface area contributed by atoms with Gasteiger partial charge in [0.2, 0.25) is 11.0 Å². The van der Waals surface area contributed by atoms with Crippen LogP contribution in [0.2, 0.25) is 0 Å². The number of fused-ring (bicyclic) bond motifs is 1. The molecule has 1 amide bonds. The van der Waals surface area contributed by atoms with Crippen molar-refractivity contribution in [3.63, 3.8) is 0 Å². The van der Waals surface area contributed by atoms with Crippen molar-refractivity contribution in [2.45, 2.75) is 12.8 Å². The molecule has 0 aliphatic heterocycles. The molecule has 0 unspecified atom stereocenters. The SMILES string of the molecule is CN(C(=O)[C@@H](CC(=O)O)Cc1ccccc1)c1nc(-c2ccccc2-c2cnc3c(ccn3C)c2)c(F)s1. The molecular formula is C29H25FN4O3S. The van der Waals surface area contributed by atoms with Gasteiger partial charge in [0.05, 0.1) is 12.3 Å². The fourth-order valence-electron chi connectivity index (χ4n) is 4.57. The van der Waals surface area contributed by atoms with Gasteiger partial charge in [0.15, 0.2) is 5.13 Å². The van der Waals surface area contributed by atoms with E-state index in [1.54, 1.807) is 12.3 Å². The largest absolute Gasteiger partial charge is 0.481 e. The maximum Gasteiger partial charge on any atom is 0.304 e. The molecule has 3 aromatic heterocycles. The normalized spacial score (nSPS) is 12.0. The number of aromatic nitrogens is 3. The summed E-state index contributed by atoms with van der Waals surface area (Å²) in [5, 5.41) is 10.0. The molecule has 0 bridgehead atoms. The highest BCUT2D eigenvalue weighted by molar-refractivity contribution is 7.14. The molecule has 5 rings (SSSR count). The quantitative estimate of drug-likeness (QED) is 0.275. The van der Waals surface area contributed by atoms with Crippen molar-refractivity contribution < 1.29 is 19.1 Å². The summed E-state index contributed by atoms with van der Waals surface area (Å²) >= 11 is 0.759. The van der Waals surface area contributed by atoms with E-state index in [0.717, 1.165) is 39.1 Å². The zero-order valence-corrected chi connectivity index (χ0v) is 21.7. The standard InChI is InChI=1S/C29H25FN4O3S/c1-33-13-12-19-15-21(17-31-27(19)33)22-10-6-7-11-23(22)25-26(30)38-29(32-25)34(2)28(37)20(16-24(35)36)14-18-8-4-3-5-9-18/h3-13,15,17,20H,14,16H2,1-2H3,(H,35,36)/t20-/m1/s1. The molecule has 0 radical (unpaired) electrons. The van der Waals surface area contributed by atoms with E-state index in [4.69, 9.17) is 0 Å². The number of pyridine rings is 1. The molecule has 0 fully saturated rings. The van der Waals surface area contributed by atoms with Gasteiger partial charge in [-0.2, -0.15) is 4.39 Å². The molecular weight excluding hydrogens is 503 g/mol. The van der Waals surface area contributed by atoms with Crippen molar-refractivity contribution >= 4 is 39.4 Å². The van der Waals surface area contributed by atoms with Gasteiger partial charge in [0.25, 0.3) is 0 Å². The second kappa shape index (κ2) is 10.5. The van der Waals surface area contributed by atoms with Gasteiger partial charge in [-0.05, 0) is 29.7 Å². The Morgan fingerprint density at radius 3 is 2.53 bits per heavy atom. The topological polar surface area (TPSA) is 88.3 Å². The Labute approximate surface area is 222 Å². The highest BCUT2D eigenvalue weighted by Gasteiger charge is 2.29. The van der Waals surface area contributed by atoms with Crippen molar-refractivity contribution in [1.29, 1.82) is 0 Å². The number of halogens is 1. The first-order valence-corrected chi connectivity index (χ1v) is 12.8. The highest BCUT2D eigenvalue weighted by Crippen LogP contribution is 2.38. The number of nitrogens with zero attached hydrogens (tertiary/aromatic N) is 4. The molecule has 3 heterocycles. The van der Waals surface area contributed by atoms with E-state index in [1.807, 2.05) is 78.5 Å². The Morgan fingerprint density at radius 1 is 1.08 bits per heavy atom. The molecule has 0 aliphatic rings. The van der Waals surface area contributed by atoms with Crippen LogP contribution in [0, 0.1) is 11.0 Å². The number of carbonyl (C=O) groups is 2. The van der Waals surface area contributed by atoms with Crippen LogP contribution in [-0.2, 0) is 23.1 Å². The summed E-state index contributed by atoms with van der Waals surface area (Å²) in [6.07, 6.45) is 3.61. The van der Waals surface area contributed by atoms with Gasteiger partial charge in [-0.25, -0.2) is 9.97 Å². The number of carboxylic acid groups (broad SMARTS) is 1. The van der Waals surface area contributed by atoms with Crippen LogP contribution in [0.25, 0.3) is 33.4 Å². The Kier molecular flexibility index (Phi) is 7.02. The molecule has 0 saturated heterocycles. The van der Waals surface area contributed by atoms with Crippen molar-refractivity contribution in [3.05, 3.63) is 89.8 Å². The van der Waals surface area contributed by atoms with Crippen LogP contribution in [0.3, 0.4) is 0 Å². The molecule has 0 spiro atoms. The number of anilines is 1. The van der Waals surface area contributed by atoms with Gasteiger partial charge in [-0.15, -0.1) is 0 Å². The van der Waals surface area contributed by atoms with Crippen LogP contribution < -0.4 is 4.90 Å². The summed E-state index contributed by atoms with van der Waals surface area (Å²) in [4.78, 5) is 35.2. The van der Waals surface area contributed by atoms with E-state index in [0.29, 0.717) is 5.56 Å². The lowest BCUT2D eigenvalue weighted by molar-refractivity contribution is -0.140. The van der Waals surface area contributed by atoms with E-state index in [9.17, 15) is 14.7 Å².